The van der Waals surface area contributed by atoms with E-state index in [1.165, 1.54) is 6.33 Å². The highest BCUT2D eigenvalue weighted by molar-refractivity contribution is 6.31. The van der Waals surface area contributed by atoms with Gasteiger partial charge in [0.05, 0.1) is 26.9 Å². The summed E-state index contributed by atoms with van der Waals surface area (Å²) in [6.45, 7) is 5.32. The molecule has 0 unspecified atom stereocenters. The number of rotatable bonds is 11. The van der Waals surface area contributed by atoms with Crippen LogP contribution in [0.3, 0.4) is 0 Å². The summed E-state index contributed by atoms with van der Waals surface area (Å²) in [5, 5.41) is 3.89. The number of nitrogens with two attached hydrogens (primary N) is 1. The summed E-state index contributed by atoms with van der Waals surface area (Å²) in [4.78, 5) is 10.9. The van der Waals surface area contributed by atoms with E-state index in [1.807, 2.05) is 30.4 Å². The molecule has 4 rings (SSSR count). The van der Waals surface area contributed by atoms with Crippen molar-refractivity contribution in [3.8, 4) is 23.1 Å². The fourth-order valence-electron chi connectivity index (χ4n) is 3.84. The molecule has 2 aromatic rings. The molecule has 36 heavy (non-hydrogen) atoms. The minimum Gasteiger partial charge on any atom is -0.493 e. The average Bonchev–Trinajstić information content (AvgIpc) is 3.11. The Hall–Kier alpha value is -3.11. The van der Waals surface area contributed by atoms with Crippen LogP contribution in [0.1, 0.15) is 18.4 Å². The molecule has 2 heterocycles. The van der Waals surface area contributed by atoms with Gasteiger partial charge in [-0.1, -0.05) is 23.8 Å². The monoisotopic (exact) mass is 513 g/mol. The number of halogens is 1. The van der Waals surface area contributed by atoms with Crippen LogP contribution in [0.25, 0.3) is 0 Å². The van der Waals surface area contributed by atoms with Gasteiger partial charge in [-0.15, -0.1) is 0 Å². The van der Waals surface area contributed by atoms with Gasteiger partial charge in [0.2, 0.25) is 5.88 Å². The SMILES string of the molecule is COc1cc(Oc2cc(NC3=CC(Cl)=CCC=C3)ncn2)c(CN)cc1OCCCN1CCOCC1. The van der Waals surface area contributed by atoms with Crippen molar-refractivity contribution in [3.05, 3.63) is 65.1 Å². The van der Waals surface area contributed by atoms with Crippen molar-refractivity contribution in [2.24, 2.45) is 5.73 Å². The molecule has 0 saturated carbocycles. The van der Waals surface area contributed by atoms with Gasteiger partial charge in [0.15, 0.2) is 11.5 Å². The molecule has 192 valence electrons. The second kappa shape index (κ2) is 13.3. The van der Waals surface area contributed by atoms with Crippen molar-refractivity contribution in [2.75, 3.05) is 51.9 Å². The van der Waals surface area contributed by atoms with Crippen molar-refractivity contribution in [1.82, 2.24) is 14.9 Å². The van der Waals surface area contributed by atoms with E-state index in [0.29, 0.717) is 40.6 Å². The van der Waals surface area contributed by atoms with E-state index in [9.17, 15) is 0 Å². The van der Waals surface area contributed by atoms with Gasteiger partial charge in [0, 0.05) is 54.6 Å². The third-order valence-electron chi connectivity index (χ3n) is 5.72. The first kappa shape index (κ1) is 26.0. The molecule has 2 aliphatic rings. The Kier molecular flexibility index (Phi) is 9.57. The Bertz CT molecular complexity index is 1120. The second-order valence-corrected chi connectivity index (χ2v) is 8.70. The van der Waals surface area contributed by atoms with Crippen LogP contribution in [-0.4, -0.2) is 61.4 Å². The Balaban J connectivity index is 1.41. The molecule has 1 aromatic heterocycles. The molecule has 0 spiro atoms. The molecular weight excluding hydrogens is 482 g/mol. The zero-order valence-corrected chi connectivity index (χ0v) is 21.2. The van der Waals surface area contributed by atoms with Gasteiger partial charge in [-0.25, -0.2) is 9.97 Å². The maximum atomic E-state index is 6.18. The number of hydrogen-bond donors (Lipinski definition) is 2. The van der Waals surface area contributed by atoms with Gasteiger partial charge < -0.3 is 30.0 Å². The molecule has 3 N–H and O–H groups in total. The standard InChI is InChI=1S/C26H32ClN5O4/c1-33-23-15-22(19(17-28)13-24(23)35-10-4-7-32-8-11-34-12-9-32)36-26-16-25(29-18-30-26)31-21-6-3-2-5-20(27)14-21/h3,5-6,13-16,18H,2,4,7-12,17,28H2,1H3,(H,29,30,31). The second-order valence-electron chi connectivity index (χ2n) is 8.27. The molecule has 10 heteroatoms. The van der Waals surface area contributed by atoms with Gasteiger partial charge in [-0.3, -0.25) is 4.90 Å². The number of hydrogen-bond acceptors (Lipinski definition) is 9. The van der Waals surface area contributed by atoms with E-state index in [0.717, 1.165) is 57.0 Å². The molecule has 1 fully saturated rings. The van der Waals surface area contributed by atoms with Crippen LogP contribution < -0.4 is 25.3 Å². The normalized spacial score (nSPS) is 16.1. The fourth-order valence-corrected chi connectivity index (χ4v) is 4.05. The summed E-state index contributed by atoms with van der Waals surface area (Å²) < 4.78 is 23.1. The number of methoxy groups -OCH3 is 1. The van der Waals surface area contributed by atoms with Crippen molar-refractivity contribution < 1.29 is 18.9 Å². The van der Waals surface area contributed by atoms with E-state index in [-0.39, 0.29) is 6.54 Å². The Morgan fingerprint density at radius 3 is 2.81 bits per heavy atom. The van der Waals surface area contributed by atoms with Crippen molar-refractivity contribution in [1.29, 1.82) is 0 Å². The van der Waals surface area contributed by atoms with E-state index < -0.39 is 0 Å². The topological polar surface area (TPSA) is 104 Å². The molecule has 0 radical (unpaired) electrons. The molecular formula is C26H32ClN5O4. The highest BCUT2D eigenvalue weighted by atomic mass is 35.5. The third-order valence-corrected chi connectivity index (χ3v) is 5.98. The smallest absolute Gasteiger partial charge is 0.224 e. The predicted molar refractivity (Wildman–Crippen MR) is 140 cm³/mol. The van der Waals surface area contributed by atoms with Crippen LogP contribution >= 0.6 is 11.6 Å². The lowest BCUT2D eigenvalue weighted by atomic mass is 10.1. The van der Waals surface area contributed by atoms with Crippen LogP contribution in [0.2, 0.25) is 0 Å². The number of nitrogens with one attached hydrogen (secondary N) is 1. The number of nitrogens with zero attached hydrogens (tertiary/aromatic N) is 3. The zero-order chi connectivity index (χ0) is 25.2. The highest BCUT2D eigenvalue weighted by Gasteiger charge is 2.15. The van der Waals surface area contributed by atoms with Crippen LogP contribution in [0.5, 0.6) is 23.1 Å². The number of morpholine rings is 1. The fraction of sp³-hybridized carbons (Fsp3) is 0.385. The third kappa shape index (κ3) is 7.44. The van der Waals surface area contributed by atoms with Gasteiger partial charge in [0.1, 0.15) is 17.9 Å². The quantitative estimate of drug-likeness (QED) is 0.427. The van der Waals surface area contributed by atoms with Crippen molar-refractivity contribution in [2.45, 2.75) is 19.4 Å². The van der Waals surface area contributed by atoms with E-state index >= 15 is 0 Å². The summed E-state index contributed by atoms with van der Waals surface area (Å²) in [6, 6.07) is 5.34. The number of aromatic nitrogens is 2. The molecule has 0 atom stereocenters. The summed E-state index contributed by atoms with van der Waals surface area (Å²) in [7, 11) is 1.60. The van der Waals surface area contributed by atoms with Gasteiger partial charge in [0.25, 0.3) is 0 Å². The summed E-state index contributed by atoms with van der Waals surface area (Å²) in [5.74, 6) is 2.68. The van der Waals surface area contributed by atoms with Gasteiger partial charge in [-0.2, -0.15) is 0 Å². The minimum absolute atomic E-state index is 0.266. The van der Waals surface area contributed by atoms with Crippen molar-refractivity contribution in [3.63, 3.8) is 0 Å². The Morgan fingerprint density at radius 2 is 2.00 bits per heavy atom. The van der Waals surface area contributed by atoms with Gasteiger partial charge >= 0.3 is 0 Å². The first-order valence-corrected chi connectivity index (χ1v) is 12.4. The minimum atomic E-state index is 0.266. The Labute approximate surface area is 216 Å². The molecule has 1 aromatic carbocycles. The lowest BCUT2D eigenvalue weighted by Gasteiger charge is -2.26. The summed E-state index contributed by atoms with van der Waals surface area (Å²) >= 11 is 6.18. The first-order chi connectivity index (χ1) is 17.6. The predicted octanol–water partition coefficient (Wildman–Crippen LogP) is 4.22. The summed E-state index contributed by atoms with van der Waals surface area (Å²) in [5.41, 5.74) is 7.62. The maximum absolute atomic E-state index is 6.18. The number of anilines is 1. The molecule has 1 saturated heterocycles. The molecule has 0 bridgehead atoms. The van der Waals surface area contributed by atoms with E-state index in [2.05, 4.69) is 20.2 Å². The zero-order valence-electron chi connectivity index (χ0n) is 20.4. The lowest BCUT2D eigenvalue weighted by molar-refractivity contribution is 0.0357. The van der Waals surface area contributed by atoms with Crippen molar-refractivity contribution >= 4 is 17.4 Å². The first-order valence-electron chi connectivity index (χ1n) is 12.0. The maximum Gasteiger partial charge on any atom is 0.224 e. The number of ether oxygens (including phenoxy) is 4. The largest absolute Gasteiger partial charge is 0.493 e. The molecule has 1 aliphatic heterocycles. The van der Waals surface area contributed by atoms with Gasteiger partial charge in [-0.05, 0) is 31.1 Å². The van der Waals surface area contributed by atoms with E-state index in [1.54, 1.807) is 19.2 Å². The van der Waals surface area contributed by atoms with Crippen LogP contribution in [-0.2, 0) is 11.3 Å². The number of allylic oxidation sites excluding steroid dienone is 5. The molecule has 9 nitrogen and oxygen atoms in total. The Morgan fingerprint density at radius 1 is 1.14 bits per heavy atom. The lowest BCUT2D eigenvalue weighted by Crippen LogP contribution is -2.37. The molecule has 0 amide bonds. The van der Waals surface area contributed by atoms with Crippen LogP contribution in [0.15, 0.2) is 59.6 Å². The van der Waals surface area contributed by atoms with Crippen LogP contribution in [0, 0.1) is 0 Å². The summed E-state index contributed by atoms with van der Waals surface area (Å²) in [6.07, 6.45) is 10.8. The average molecular weight is 514 g/mol. The van der Waals surface area contributed by atoms with E-state index in [4.69, 9.17) is 36.3 Å². The number of benzene rings is 1. The molecule has 1 aliphatic carbocycles. The highest BCUT2D eigenvalue weighted by Crippen LogP contribution is 2.37. The van der Waals surface area contributed by atoms with Crippen LogP contribution in [0.4, 0.5) is 5.82 Å².